The molecule has 0 spiro atoms. The molecule has 0 saturated carbocycles. The number of nitrogens with zero attached hydrogens (tertiary/aromatic N) is 3. The lowest BCUT2D eigenvalue weighted by atomic mass is 10.0. The van der Waals surface area contributed by atoms with Crippen LogP contribution >= 0.6 is 0 Å². The molecule has 0 aliphatic carbocycles. The highest BCUT2D eigenvalue weighted by Crippen LogP contribution is 2.31. The van der Waals surface area contributed by atoms with Gasteiger partial charge in [0.1, 0.15) is 0 Å². The molecule has 3 heterocycles. The zero-order valence-corrected chi connectivity index (χ0v) is 11.2. The summed E-state index contributed by atoms with van der Waals surface area (Å²) < 4.78 is 0. The minimum atomic E-state index is -0.300. The Morgan fingerprint density at radius 1 is 1.47 bits per heavy atom. The smallest absolute Gasteiger partial charge is 0.227 e. The predicted octanol–water partition coefficient (Wildman–Crippen LogP) is 0.0388. The third kappa shape index (κ3) is 2.35. The maximum Gasteiger partial charge on any atom is 0.227 e. The lowest BCUT2D eigenvalue weighted by Gasteiger charge is -2.33. The third-order valence-corrected chi connectivity index (χ3v) is 4.43. The molecule has 3 rings (SSSR count). The summed E-state index contributed by atoms with van der Waals surface area (Å²) in [6, 6.07) is 6.86. The molecule has 2 saturated heterocycles. The van der Waals surface area contributed by atoms with Crippen molar-refractivity contribution >= 4 is 5.91 Å². The van der Waals surface area contributed by atoms with Crippen LogP contribution in [0, 0.1) is 0 Å². The van der Waals surface area contributed by atoms with Gasteiger partial charge in [0, 0.05) is 37.9 Å². The van der Waals surface area contributed by atoms with Gasteiger partial charge < -0.3 is 10.6 Å². The van der Waals surface area contributed by atoms with Crippen molar-refractivity contribution in [1.82, 2.24) is 14.8 Å². The van der Waals surface area contributed by atoms with E-state index in [1.807, 2.05) is 18.2 Å². The van der Waals surface area contributed by atoms with Crippen molar-refractivity contribution in [1.29, 1.82) is 0 Å². The molecule has 2 aliphatic heterocycles. The van der Waals surface area contributed by atoms with E-state index < -0.39 is 0 Å². The van der Waals surface area contributed by atoms with Crippen LogP contribution in [-0.2, 0) is 4.79 Å². The van der Waals surface area contributed by atoms with Gasteiger partial charge in [-0.05, 0) is 25.6 Å². The molecular formula is C14H20N4O. The molecule has 0 radical (unpaired) electrons. The Bertz CT molecular complexity index is 462. The lowest BCUT2D eigenvalue weighted by Crippen LogP contribution is -2.47. The van der Waals surface area contributed by atoms with E-state index in [-0.39, 0.29) is 11.8 Å². The number of likely N-dealkylation sites (N-methyl/N-ethyl adjacent to an activating group) is 1. The van der Waals surface area contributed by atoms with Gasteiger partial charge in [-0.3, -0.25) is 14.7 Å². The average Bonchev–Trinajstić information content (AvgIpc) is 2.95. The maximum atomic E-state index is 11.7. The number of carbonyl (C=O) groups excluding carboxylic acids is 1. The molecule has 1 amide bonds. The number of aromatic nitrogens is 1. The first-order chi connectivity index (χ1) is 9.15. The first-order valence-electron chi connectivity index (χ1n) is 6.79. The Morgan fingerprint density at radius 2 is 2.32 bits per heavy atom. The van der Waals surface area contributed by atoms with Crippen LogP contribution in [0.3, 0.4) is 0 Å². The molecule has 2 bridgehead atoms. The molecule has 19 heavy (non-hydrogen) atoms. The maximum absolute atomic E-state index is 11.7. The Labute approximate surface area is 113 Å². The van der Waals surface area contributed by atoms with Crippen LogP contribution < -0.4 is 5.73 Å². The largest absolute Gasteiger partial charge is 0.369 e. The van der Waals surface area contributed by atoms with Gasteiger partial charge >= 0.3 is 0 Å². The van der Waals surface area contributed by atoms with Crippen molar-refractivity contribution in [2.45, 2.75) is 24.4 Å². The van der Waals surface area contributed by atoms with Crippen molar-refractivity contribution < 1.29 is 4.79 Å². The number of piperazine rings is 1. The number of rotatable bonds is 4. The standard InChI is InChI=1S/C14H20N4O/c1-17-7-11-6-10(17)8-18(11)9-12(14(15)19)13-4-2-3-5-16-13/h2-5,10-12H,6-9H2,1H3,(H2,15,19)/t10-,11-,12?/m0/s1. The van der Waals surface area contributed by atoms with Crippen LogP contribution in [0.1, 0.15) is 18.0 Å². The number of pyridine rings is 1. The van der Waals surface area contributed by atoms with E-state index in [0.717, 1.165) is 18.8 Å². The lowest BCUT2D eigenvalue weighted by molar-refractivity contribution is -0.120. The van der Waals surface area contributed by atoms with E-state index in [4.69, 9.17) is 5.73 Å². The zero-order chi connectivity index (χ0) is 13.4. The Hall–Kier alpha value is -1.46. The number of fused-ring (bicyclic) bond motifs is 2. The molecule has 1 unspecified atom stereocenters. The number of carbonyl (C=O) groups is 1. The van der Waals surface area contributed by atoms with E-state index >= 15 is 0 Å². The van der Waals surface area contributed by atoms with E-state index in [9.17, 15) is 4.79 Å². The predicted molar refractivity (Wildman–Crippen MR) is 72.6 cm³/mol. The van der Waals surface area contributed by atoms with Gasteiger partial charge in [-0.15, -0.1) is 0 Å². The van der Waals surface area contributed by atoms with Crippen molar-refractivity contribution in [3.05, 3.63) is 30.1 Å². The van der Waals surface area contributed by atoms with Crippen molar-refractivity contribution in [2.75, 3.05) is 26.7 Å². The molecule has 5 heteroatoms. The number of hydrogen-bond acceptors (Lipinski definition) is 4. The molecule has 102 valence electrons. The van der Waals surface area contributed by atoms with Gasteiger partial charge in [-0.25, -0.2) is 0 Å². The number of primary amides is 1. The SMILES string of the molecule is CN1C[C@@H]2C[C@H]1CN2CC(C(N)=O)c1ccccn1. The van der Waals surface area contributed by atoms with E-state index in [0.29, 0.717) is 18.6 Å². The van der Waals surface area contributed by atoms with E-state index in [2.05, 4.69) is 21.8 Å². The van der Waals surface area contributed by atoms with Gasteiger partial charge in [0.25, 0.3) is 0 Å². The Balaban J connectivity index is 1.72. The number of nitrogens with two attached hydrogens (primary N) is 1. The first kappa shape index (κ1) is 12.6. The second-order valence-electron chi connectivity index (χ2n) is 5.65. The fourth-order valence-electron chi connectivity index (χ4n) is 3.32. The second kappa shape index (κ2) is 4.90. The van der Waals surface area contributed by atoms with Crippen LogP contribution in [0.4, 0.5) is 0 Å². The molecule has 2 N–H and O–H groups in total. The van der Waals surface area contributed by atoms with Gasteiger partial charge in [-0.2, -0.15) is 0 Å². The third-order valence-electron chi connectivity index (χ3n) is 4.43. The van der Waals surface area contributed by atoms with Crippen LogP contribution in [0.15, 0.2) is 24.4 Å². The molecule has 3 atom stereocenters. The fourth-order valence-corrected chi connectivity index (χ4v) is 3.32. The summed E-state index contributed by atoms with van der Waals surface area (Å²) in [5, 5.41) is 0. The monoisotopic (exact) mass is 260 g/mol. The second-order valence-corrected chi connectivity index (χ2v) is 5.65. The quantitative estimate of drug-likeness (QED) is 0.830. The summed E-state index contributed by atoms with van der Waals surface area (Å²) in [6.45, 7) is 2.83. The van der Waals surface area contributed by atoms with Gasteiger partial charge in [0.2, 0.25) is 5.91 Å². The van der Waals surface area contributed by atoms with Gasteiger partial charge in [0.15, 0.2) is 0 Å². The average molecular weight is 260 g/mol. The Kier molecular flexibility index (Phi) is 3.24. The van der Waals surface area contributed by atoms with Crippen molar-refractivity contribution in [2.24, 2.45) is 5.73 Å². The summed E-state index contributed by atoms with van der Waals surface area (Å²) >= 11 is 0. The number of hydrogen-bond donors (Lipinski definition) is 1. The van der Waals surface area contributed by atoms with E-state index in [1.165, 1.54) is 6.42 Å². The Morgan fingerprint density at radius 3 is 2.84 bits per heavy atom. The van der Waals surface area contributed by atoms with Crippen LogP contribution in [-0.4, -0.2) is 59.5 Å². The topological polar surface area (TPSA) is 62.5 Å². The molecule has 5 nitrogen and oxygen atoms in total. The van der Waals surface area contributed by atoms with Gasteiger partial charge in [0.05, 0.1) is 11.6 Å². The van der Waals surface area contributed by atoms with Crippen LogP contribution in [0.2, 0.25) is 0 Å². The zero-order valence-electron chi connectivity index (χ0n) is 11.2. The molecule has 0 aromatic carbocycles. The number of amides is 1. The molecule has 1 aromatic heterocycles. The van der Waals surface area contributed by atoms with Crippen LogP contribution in [0.25, 0.3) is 0 Å². The molecule has 2 aliphatic rings. The number of likely N-dealkylation sites (tertiary alicyclic amines) is 2. The minimum absolute atomic E-state index is 0.283. The van der Waals surface area contributed by atoms with Crippen molar-refractivity contribution in [3.8, 4) is 0 Å². The molecular weight excluding hydrogens is 240 g/mol. The first-order valence-corrected chi connectivity index (χ1v) is 6.79. The van der Waals surface area contributed by atoms with Gasteiger partial charge in [-0.1, -0.05) is 6.07 Å². The normalized spacial score (nSPS) is 28.7. The fraction of sp³-hybridized carbons (Fsp3) is 0.571. The summed E-state index contributed by atoms with van der Waals surface area (Å²) in [4.78, 5) is 20.8. The van der Waals surface area contributed by atoms with Crippen LogP contribution in [0.5, 0.6) is 0 Å². The summed E-state index contributed by atoms with van der Waals surface area (Å²) in [5.41, 5.74) is 6.34. The molecule has 2 fully saturated rings. The highest BCUT2D eigenvalue weighted by molar-refractivity contribution is 5.81. The minimum Gasteiger partial charge on any atom is -0.369 e. The van der Waals surface area contributed by atoms with Crippen molar-refractivity contribution in [3.63, 3.8) is 0 Å². The molecule has 1 aromatic rings. The summed E-state index contributed by atoms with van der Waals surface area (Å²) in [5.74, 6) is -0.583. The highest BCUT2D eigenvalue weighted by Gasteiger charge is 2.42. The van der Waals surface area contributed by atoms with E-state index in [1.54, 1.807) is 6.20 Å². The highest BCUT2D eigenvalue weighted by atomic mass is 16.1. The summed E-state index contributed by atoms with van der Waals surface area (Å²) in [7, 11) is 2.17. The summed E-state index contributed by atoms with van der Waals surface area (Å²) in [6.07, 6.45) is 2.93.